The summed E-state index contributed by atoms with van der Waals surface area (Å²) >= 11 is 0. The van der Waals surface area contributed by atoms with Gasteiger partial charge in [0.15, 0.2) is 0 Å². The lowest BCUT2D eigenvalue weighted by molar-refractivity contribution is -0.0844. The summed E-state index contributed by atoms with van der Waals surface area (Å²) in [7, 11) is 0. The third-order valence-electron chi connectivity index (χ3n) is 10.1. The van der Waals surface area contributed by atoms with Crippen molar-refractivity contribution in [1.82, 2.24) is 0 Å². The van der Waals surface area contributed by atoms with E-state index in [9.17, 15) is 0 Å². The van der Waals surface area contributed by atoms with Crippen LogP contribution in [0.2, 0.25) is 0 Å². The van der Waals surface area contributed by atoms with E-state index in [1.807, 2.05) is 0 Å². The topological polar surface area (TPSA) is 0 Å². The molecule has 0 aliphatic heterocycles. The van der Waals surface area contributed by atoms with E-state index in [0.717, 1.165) is 0 Å². The highest BCUT2D eigenvalue weighted by Gasteiger charge is 2.53. The second-order valence-corrected chi connectivity index (χ2v) is 16.4. The Kier molecular flexibility index (Phi) is 7.85. The van der Waals surface area contributed by atoms with E-state index in [1.165, 1.54) is 19.3 Å². The average molecular weight is 409 g/mol. The standard InChI is InChI=1S/C29H60/c1-22(2,3)26(13,14)19-28(17,24(7,8)9)21-29(18,25(10,11)12)20-27(15,16)23(4,5)6/h19-21H2,1-18H3. The third kappa shape index (κ3) is 6.49. The fraction of sp³-hybridized carbons (Fsp3) is 1.00. The summed E-state index contributed by atoms with van der Waals surface area (Å²) in [5.74, 6) is 0. The van der Waals surface area contributed by atoms with Gasteiger partial charge in [0.05, 0.1) is 0 Å². The Hall–Kier alpha value is 0. The van der Waals surface area contributed by atoms with Gasteiger partial charge >= 0.3 is 0 Å². The Labute approximate surface area is 187 Å². The summed E-state index contributed by atoms with van der Waals surface area (Å²) in [5, 5.41) is 0. The van der Waals surface area contributed by atoms with E-state index < -0.39 is 0 Å². The zero-order valence-electron chi connectivity index (χ0n) is 24.1. The fourth-order valence-electron chi connectivity index (χ4n) is 4.53. The average Bonchev–Trinajstić information content (AvgIpc) is 2.30. The minimum atomic E-state index is 0.258. The molecule has 0 aromatic rings. The minimum Gasteiger partial charge on any atom is -0.0597 e. The van der Waals surface area contributed by atoms with E-state index in [2.05, 4.69) is 125 Å². The van der Waals surface area contributed by atoms with E-state index in [1.54, 1.807) is 0 Å². The van der Waals surface area contributed by atoms with Crippen molar-refractivity contribution in [3.63, 3.8) is 0 Å². The molecule has 0 amide bonds. The maximum atomic E-state index is 2.59. The monoisotopic (exact) mass is 408 g/mol. The summed E-state index contributed by atoms with van der Waals surface area (Å²) in [6.07, 6.45) is 3.79. The van der Waals surface area contributed by atoms with Gasteiger partial charge in [-0.15, -0.1) is 0 Å². The lowest BCUT2D eigenvalue weighted by atomic mass is 9.47. The first kappa shape index (κ1) is 29.0. The van der Waals surface area contributed by atoms with Crippen molar-refractivity contribution in [3.05, 3.63) is 0 Å². The Morgan fingerprint density at radius 2 is 0.483 bits per heavy atom. The smallest absolute Gasteiger partial charge is 0.0267 e. The van der Waals surface area contributed by atoms with E-state index in [0.29, 0.717) is 10.8 Å². The lowest BCUT2D eigenvalue weighted by Crippen LogP contribution is -2.49. The molecule has 29 heavy (non-hydrogen) atoms. The third-order valence-corrected chi connectivity index (χ3v) is 10.1. The second-order valence-electron chi connectivity index (χ2n) is 16.4. The van der Waals surface area contributed by atoms with Crippen LogP contribution >= 0.6 is 0 Å². The molecule has 0 aliphatic rings. The highest BCUT2D eigenvalue weighted by Crippen LogP contribution is 2.62. The Balaban J connectivity index is 6.41. The maximum absolute atomic E-state index is 2.59. The first-order valence-corrected chi connectivity index (χ1v) is 12.1. The molecule has 0 fully saturated rings. The van der Waals surface area contributed by atoms with Crippen LogP contribution in [0.4, 0.5) is 0 Å². The molecule has 0 aromatic heterocycles. The highest BCUT2D eigenvalue weighted by atomic mass is 14.6. The molecule has 0 heteroatoms. The lowest BCUT2D eigenvalue weighted by Gasteiger charge is -2.58. The highest BCUT2D eigenvalue weighted by molar-refractivity contribution is 5.02. The number of hydrogen-bond donors (Lipinski definition) is 0. The van der Waals surface area contributed by atoms with Crippen molar-refractivity contribution in [1.29, 1.82) is 0 Å². The van der Waals surface area contributed by atoms with Crippen LogP contribution in [0.3, 0.4) is 0 Å². The quantitative estimate of drug-likeness (QED) is 0.410. The van der Waals surface area contributed by atoms with Crippen LogP contribution in [0.5, 0.6) is 0 Å². The molecule has 0 spiro atoms. The van der Waals surface area contributed by atoms with E-state index in [-0.39, 0.29) is 32.5 Å². The van der Waals surface area contributed by atoms with E-state index >= 15 is 0 Å². The van der Waals surface area contributed by atoms with Crippen molar-refractivity contribution in [2.45, 2.75) is 144 Å². The van der Waals surface area contributed by atoms with Gasteiger partial charge in [-0.3, -0.25) is 0 Å². The van der Waals surface area contributed by atoms with Crippen LogP contribution in [0.15, 0.2) is 0 Å². The predicted molar refractivity (Wildman–Crippen MR) is 135 cm³/mol. The Morgan fingerprint density at radius 3 is 0.621 bits per heavy atom. The molecule has 0 heterocycles. The van der Waals surface area contributed by atoms with Crippen LogP contribution in [0.25, 0.3) is 0 Å². The zero-order valence-corrected chi connectivity index (χ0v) is 24.1. The zero-order chi connectivity index (χ0) is 24.1. The van der Waals surface area contributed by atoms with Gasteiger partial charge in [0, 0.05) is 0 Å². The van der Waals surface area contributed by atoms with Crippen molar-refractivity contribution < 1.29 is 0 Å². The van der Waals surface area contributed by atoms with Crippen molar-refractivity contribution in [3.8, 4) is 0 Å². The first-order chi connectivity index (χ1) is 12.1. The first-order valence-electron chi connectivity index (χ1n) is 12.1. The van der Waals surface area contributed by atoms with Crippen molar-refractivity contribution >= 4 is 0 Å². The predicted octanol–water partition coefficient (Wildman–Crippen LogP) is 10.4. The summed E-state index contributed by atoms with van der Waals surface area (Å²) in [6.45, 7) is 44.5. The normalized spacial score (nSPS) is 19.7. The molecule has 0 aliphatic carbocycles. The largest absolute Gasteiger partial charge is 0.0597 e. The molecule has 0 radical (unpaired) electrons. The summed E-state index contributed by atoms with van der Waals surface area (Å²) in [4.78, 5) is 0. The van der Waals surface area contributed by atoms with Gasteiger partial charge in [-0.05, 0) is 62.6 Å². The van der Waals surface area contributed by atoms with E-state index in [4.69, 9.17) is 0 Å². The molecule has 0 N–H and O–H groups in total. The van der Waals surface area contributed by atoms with Gasteiger partial charge in [-0.1, -0.05) is 125 Å². The molecule has 0 nitrogen and oxygen atoms in total. The molecule has 0 aromatic carbocycles. The van der Waals surface area contributed by atoms with Gasteiger partial charge in [0.1, 0.15) is 0 Å². The second kappa shape index (κ2) is 7.85. The van der Waals surface area contributed by atoms with Gasteiger partial charge in [-0.25, -0.2) is 0 Å². The fourth-order valence-corrected chi connectivity index (χ4v) is 4.53. The van der Waals surface area contributed by atoms with Crippen LogP contribution in [0, 0.1) is 43.3 Å². The molecule has 2 unspecified atom stereocenters. The molecule has 0 bridgehead atoms. The molecule has 0 saturated heterocycles. The molecule has 2 atom stereocenters. The maximum Gasteiger partial charge on any atom is -0.0267 e. The number of rotatable bonds is 6. The minimum absolute atomic E-state index is 0.258. The summed E-state index contributed by atoms with van der Waals surface area (Å²) in [5.41, 5.74) is 2.20. The SMILES string of the molecule is CC(C)(C)C(C)(C)CC(C)(CC(C)(CC(C)(C)C(C)(C)C)C(C)(C)C)C(C)(C)C. The Morgan fingerprint density at radius 1 is 0.276 bits per heavy atom. The Bertz CT molecular complexity index is 483. The molecular weight excluding hydrogens is 348 g/mol. The molecule has 0 saturated carbocycles. The van der Waals surface area contributed by atoms with Crippen LogP contribution in [-0.4, -0.2) is 0 Å². The van der Waals surface area contributed by atoms with Gasteiger partial charge in [0.2, 0.25) is 0 Å². The number of hydrogen-bond acceptors (Lipinski definition) is 0. The summed E-state index contributed by atoms with van der Waals surface area (Å²) < 4.78 is 0. The van der Waals surface area contributed by atoms with Crippen LogP contribution in [-0.2, 0) is 0 Å². The van der Waals surface area contributed by atoms with Crippen LogP contribution < -0.4 is 0 Å². The molecular formula is C29H60. The molecule has 0 rings (SSSR count). The van der Waals surface area contributed by atoms with Gasteiger partial charge < -0.3 is 0 Å². The summed E-state index contributed by atoms with van der Waals surface area (Å²) in [6, 6.07) is 0. The van der Waals surface area contributed by atoms with Crippen LogP contribution in [0.1, 0.15) is 144 Å². The van der Waals surface area contributed by atoms with Crippen molar-refractivity contribution in [2.75, 3.05) is 0 Å². The molecule has 176 valence electrons. The van der Waals surface area contributed by atoms with Crippen molar-refractivity contribution in [2.24, 2.45) is 43.3 Å². The van der Waals surface area contributed by atoms with Gasteiger partial charge in [0.25, 0.3) is 0 Å². The van der Waals surface area contributed by atoms with Gasteiger partial charge in [-0.2, -0.15) is 0 Å².